The molecule has 1 aliphatic heterocycles. The summed E-state index contributed by atoms with van der Waals surface area (Å²) in [7, 11) is 0. The molecule has 0 aromatic rings. The largest absolute Gasteiger partial charge is 0.381 e. The fraction of sp³-hybridized carbons (Fsp3) is 1.00. The van der Waals surface area contributed by atoms with Crippen molar-refractivity contribution in [3.8, 4) is 0 Å². The zero-order valence-electron chi connectivity index (χ0n) is 8.78. The Balaban J connectivity index is 1.72. The maximum atomic E-state index is 6.04. The Morgan fingerprint density at radius 1 is 1.00 bits per heavy atom. The highest BCUT2D eigenvalue weighted by atomic mass is 16.5. The van der Waals surface area contributed by atoms with Crippen LogP contribution in [0.15, 0.2) is 0 Å². The molecule has 1 aliphatic carbocycles. The molecule has 0 radical (unpaired) electrons. The van der Waals surface area contributed by atoms with Crippen molar-refractivity contribution in [2.75, 3.05) is 13.2 Å². The molecule has 2 fully saturated rings. The first kappa shape index (κ1) is 10.4. The number of rotatable bonds is 2. The highest BCUT2D eigenvalue weighted by Gasteiger charge is 2.24. The van der Waals surface area contributed by atoms with Crippen molar-refractivity contribution in [3.63, 3.8) is 0 Å². The van der Waals surface area contributed by atoms with Crippen LogP contribution in [0.5, 0.6) is 0 Å². The van der Waals surface area contributed by atoms with Gasteiger partial charge in [-0.3, -0.25) is 0 Å². The van der Waals surface area contributed by atoms with Gasteiger partial charge in [-0.2, -0.15) is 0 Å². The quantitative estimate of drug-likeness (QED) is 0.732. The third-order valence-corrected chi connectivity index (χ3v) is 3.22. The first-order valence-corrected chi connectivity index (χ1v) is 5.83. The van der Waals surface area contributed by atoms with E-state index < -0.39 is 0 Å². The SMILES string of the molecule is NC1CCCC(OC2CCOCC2)C1. The van der Waals surface area contributed by atoms with E-state index in [4.69, 9.17) is 15.2 Å². The summed E-state index contributed by atoms with van der Waals surface area (Å²) in [5, 5.41) is 0. The zero-order valence-corrected chi connectivity index (χ0v) is 8.78. The Hall–Kier alpha value is -0.120. The minimum absolute atomic E-state index is 0.369. The van der Waals surface area contributed by atoms with Crippen molar-refractivity contribution in [3.05, 3.63) is 0 Å². The van der Waals surface area contributed by atoms with Crippen LogP contribution in [0.3, 0.4) is 0 Å². The third-order valence-electron chi connectivity index (χ3n) is 3.22. The maximum absolute atomic E-state index is 6.04. The molecular weight excluding hydrogens is 178 g/mol. The molecule has 2 rings (SSSR count). The van der Waals surface area contributed by atoms with Crippen molar-refractivity contribution >= 4 is 0 Å². The molecule has 0 aromatic heterocycles. The smallest absolute Gasteiger partial charge is 0.0622 e. The first-order chi connectivity index (χ1) is 6.84. The highest BCUT2D eigenvalue weighted by molar-refractivity contribution is 4.77. The second-order valence-electron chi connectivity index (χ2n) is 4.50. The highest BCUT2D eigenvalue weighted by Crippen LogP contribution is 2.23. The van der Waals surface area contributed by atoms with Gasteiger partial charge in [0.25, 0.3) is 0 Å². The summed E-state index contributed by atoms with van der Waals surface area (Å²) in [4.78, 5) is 0. The molecule has 2 N–H and O–H groups in total. The van der Waals surface area contributed by atoms with E-state index in [1.807, 2.05) is 0 Å². The lowest BCUT2D eigenvalue weighted by Crippen LogP contribution is -2.36. The second-order valence-corrected chi connectivity index (χ2v) is 4.50. The van der Waals surface area contributed by atoms with Gasteiger partial charge in [0.05, 0.1) is 12.2 Å². The zero-order chi connectivity index (χ0) is 9.80. The van der Waals surface area contributed by atoms with E-state index in [9.17, 15) is 0 Å². The van der Waals surface area contributed by atoms with E-state index in [1.54, 1.807) is 0 Å². The molecule has 0 amide bonds. The number of hydrogen-bond acceptors (Lipinski definition) is 3. The monoisotopic (exact) mass is 199 g/mol. The molecule has 1 saturated heterocycles. The molecule has 1 heterocycles. The fourth-order valence-electron chi connectivity index (χ4n) is 2.39. The molecule has 14 heavy (non-hydrogen) atoms. The van der Waals surface area contributed by atoms with Crippen LogP contribution in [0.2, 0.25) is 0 Å². The van der Waals surface area contributed by atoms with Crippen LogP contribution in [0.25, 0.3) is 0 Å². The van der Waals surface area contributed by atoms with Gasteiger partial charge in [-0.15, -0.1) is 0 Å². The van der Waals surface area contributed by atoms with E-state index in [2.05, 4.69) is 0 Å². The Labute approximate surface area is 85.9 Å². The van der Waals surface area contributed by atoms with E-state index >= 15 is 0 Å². The Morgan fingerprint density at radius 2 is 1.79 bits per heavy atom. The summed E-state index contributed by atoms with van der Waals surface area (Å²) in [5.74, 6) is 0. The van der Waals surface area contributed by atoms with Crippen LogP contribution < -0.4 is 5.73 Å². The van der Waals surface area contributed by atoms with Crippen molar-refractivity contribution in [1.82, 2.24) is 0 Å². The van der Waals surface area contributed by atoms with Crippen LogP contribution in [0.1, 0.15) is 38.5 Å². The minimum atomic E-state index is 0.369. The summed E-state index contributed by atoms with van der Waals surface area (Å²) in [5.41, 5.74) is 5.93. The second kappa shape index (κ2) is 5.10. The van der Waals surface area contributed by atoms with Gasteiger partial charge >= 0.3 is 0 Å². The molecular formula is C11H21NO2. The van der Waals surface area contributed by atoms with Gasteiger partial charge in [0, 0.05) is 19.3 Å². The summed E-state index contributed by atoms with van der Waals surface area (Å²) < 4.78 is 11.3. The predicted octanol–water partition coefficient (Wildman–Crippen LogP) is 1.45. The Morgan fingerprint density at radius 3 is 2.50 bits per heavy atom. The van der Waals surface area contributed by atoms with Gasteiger partial charge in [0.15, 0.2) is 0 Å². The van der Waals surface area contributed by atoms with Gasteiger partial charge in [-0.1, -0.05) is 0 Å². The van der Waals surface area contributed by atoms with Crippen LogP contribution in [0.4, 0.5) is 0 Å². The molecule has 2 atom stereocenters. The van der Waals surface area contributed by atoms with Crippen LogP contribution in [0, 0.1) is 0 Å². The van der Waals surface area contributed by atoms with Crippen LogP contribution in [-0.2, 0) is 9.47 Å². The van der Waals surface area contributed by atoms with Crippen molar-refractivity contribution in [2.45, 2.75) is 56.8 Å². The lowest BCUT2D eigenvalue weighted by Gasteiger charge is -2.32. The normalized spacial score (nSPS) is 35.8. The number of hydrogen-bond donors (Lipinski definition) is 1. The van der Waals surface area contributed by atoms with Gasteiger partial charge in [0.2, 0.25) is 0 Å². The maximum Gasteiger partial charge on any atom is 0.0622 e. The van der Waals surface area contributed by atoms with Gasteiger partial charge in [0.1, 0.15) is 0 Å². The summed E-state index contributed by atoms with van der Waals surface area (Å²) in [6.07, 6.45) is 7.63. The average molecular weight is 199 g/mol. The molecule has 2 aliphatic rings. The summed E-state index contributed by atoms with van der Waals surface area (Å²) >= 11 is 0. The summed E-state index contributed by atoms with van der Waals surface area (Å²) in [6, 6.07) is 0.369. The molecule has 1 saturated carbocycles. The van der Waals surface area contributed by atoms with E-state index in [1.165, 1.54) is 19.3 Å². The standard InChI is InChI=1S/C11H21NO2/c12-9-2-1-3-11(8-9)14-10-4-6-13-7-5-10/h9-11H,1-8,12H2. The van der Waals surface area contributed by atoms with Gasteiger partial charge < -0.3 is 15.2 Å². The molecule has 3 nitrogen and oxygen atoms in total. The fourth-order valence-corrected chi connectivity index (χ4v) is 2.39. The van der Waals surface area contributed by atoms with E-state index in [-0.39, 0.29) is 0 Å². The number of nitrogens with two attached hydrogens (primary N) is 1. The van der Waals surface area contributed by atoms with Crippen molar-refractivity contribution < 1.29 is 9.47 Å². The van der Waals surface area contributed by atoms with Crippen LogP contribution in [-0.4, -0.2) is 31.5 Å². The van der Waals surface area contributed by atoms with Crippen molar-refractivity contribution in [2.24, 2.45) is 5.73 Å². The Bertz CT molecular complexity index is 169. The molecule has 0 bridgehead atoms. The molecule has 0 spiro atoms. The average Bonchev–Trinajstić information content (AvgIpc) is 2.19. The van der Waals surface area contributed by atoms with Crippen molar-refractivity contribution in [1.29, 1.82) is 0 Å². The van der Waals surface area contributed by atoms with E-state index in [0.29, 0.717) is 18.2 Å². The molecule has 0 aromatic carbocycles. The van der Waals surface area contributed by atoms with Gasteiger partial charge in [-0.05, 0) is 38.5 Å². The van der Waals surface area contributed by atoms with Gasteiger partial charge in [-0.25, -0.2) is 0 Å². The van der Waals surface area contributed by atoms with Crippen LogP contribution >= 0.6 is 0 Å². The lowest BCUT2D eigenvalue weighted by molar-refractivity contribution is -0.0798. The molecule has 82 valence electrons. The predicted molar refractivity (Wildman–Crippen MR) is 55.2 cm³/mol. The minimum Gasteiger partial charge on any atom is -0.381 e. The topological polar surface area (TPSA) is 44.5 Å². The molecule has 2 unspecified atom stereocenters. The summed E-state index contributed by atoms with van der Waals surface area (Å²) in [6.45, 7) is 1.73. The van der Waals surface area contributed by atoms with E-state index in [0.717, 1.165) is 32.5 Å². The molecule has 3 heteroatoms. The first-order valence-electron chi connectivity index (χ1n) is 5.83. The lowest BCUT2D eigenvalue weighted by atomic mass is 9.93. The third kappa shape index (κ3) is 2.94. The Kier molecular flexibility index (Phi) is 3.79. The number of ether oxygens (including phenoxy) is 2.